The van der Waals surface area contributed by atoms with Crippen molar-refractivity contribution in [3.63, 3.8) is 0 Å². The number of rotatable bonds is 4. The summed E-state index contributed by atoms with van der Waals surface area (Å²) in [5.74, 6) is -1.07. The van der Waals surface area contributed by atoms with Crippen LogP contribution in [0.2, 0.25) is 0 Å². The third-order valence-electron chi connectivity index (χ3n) is 4.11. The van der Waals surface area contributed by atoms with Crippen LogP contribution < -0.4 is 0 Å². The van der Waals surface area contributed by atoms with Crippen molar-refractivity contribution >= 4 is 5.97 Å². The van der Waals surface area contributed by atoms with Crippen LogP contribution in [-0.2, 0) is 7.05 Å². The lowest BCUT2D eigenvalue weighted by Gasteiger charge is -2.09. The van der Waals surface area contributed by atoms with Crippen LogP contribution in [0.5, 0.6) is 0 Å². The van der Waals surface area contributed by atoms with E-state index in [0.717, 1.165) is 22.4 Å². The van der Waals surface area contributed by atoms with Crippen molar-refractivity contribution in [2.24, 2.45) is 7.05 Å². The minimum absolute atomic E-state index is 0.0200. The molecule has 26 heavy (non-hydrogen) atoms. The molecule has 2 heterocycles. The number of nitrogens with zero attached hydrogens (tertiary/aromatic N) is 5. The molecule has 2 aromatic heterocycles. The highest BCUT2D eigenvalue weighted by molar-refractivity contribution is 5.86. The van der Waals surface area contributed by atoms with E-state index in [1.54, 1.807) is 4.68 Å². The third-order valence-corrected chi connectivity index (χ3v) is 4.11. The Labute approximate surface area is 149 Å². The van der Waals surface area contributed by atoms with E-state index in [9.17, 15) is 9.90 Å². The Bertz CT molecular complexity index is 1080. The van der Waals surface area contributed by atoms with Crippen molar-refractivity contribution in [3.8, 4) is 28.1 Å². The lowest BCUT2D eigenvalue weighted by atomic mass is 9.97. The van der Waals surface area contributed by atoms with Crippen molar-refractivity contribution in [2.45, 2.75) is 0 Å². The first-order valence-corrected chi connectivity index (χ1v) is 7.97. The third kappa shape index (κ3) is 2.75. The Morgan fingerprint density at radius 3 is 2.38 bits per heavy atom. The van der Waals surface area contributed by atoms with Gasteiger partial charge in [0, 0.05) is 18.8 Å². The van der Waals surface area contributed by atoms with Crippen LogP contribution >= 0.6 is 0 Å². The molecular formula is C19H15N5O2. The van der Waals surface area contributed by atoms with Crippen LogP contribution in [-0.4, -0.2) is 35.9 Å². The van der Waals surface area contributed by atoms with Gasteiger partial charge in [-0.05, 0) is 29.3 Å². The zero-order valence-corrected chi connectivity index (χ0v) is 13.9. The molecule has 7 heteroatoms. The van der Waals surface area contributed by atoms with Gasteiger partial charge in [0.1, 0.15) is 0 Å². The van der Waals surface area contributed by atoms with Crippen molar-refractivity contribution in [1.29, 1.82) is 0 Å². The fourth-order valence-corrected chi connectivity index (χ4v) is 2.87. The summed E-state index contributed by atoms with van der Waals surface area (Å²) >= 11 is 0. The van der Waals surface area contributed by atoms with Crippen molar-refractivity contribution < 1.29 is 9.90 Å². The monoisotopic (exact) mass is 345 g/mol. The fourth-order valence-electron chi connectivity index (χ4n) is 2.87. The maximum Gasteiger partial charge on any atom is 0.356 e. The standard InChI is InChI=1S/C19H15N5O2/c1-23-11-10-17(21-23)16-5-3-2-4-15(16)13-6-8-14(9-7-13)24-18(19(25)26)12-20-22-24/h2-12H,1H3,(H,25,26). The molecule has 1 N–H and O–H groups in total. The molecule has 0 fully saturated rings. The number of aromatic nitrogens is 5. The fraction of sp³-hybridized carbons (Fsp3) is 0.0526. The molecule has 0 bridgehead atoms. The average molecular weight is 345 g/mol. The minimum atomic E-state index is -1.07. The normalized spacial score (nSPS) is 10.8. The summed E-state index contributed by atoms with van der Waals surface area (Å²) in [7, 11) is 1.89. The van der Waals surface area contributed by atoms with Crippen LogP contribution in [0.25, 0.3) is 28.1 Å². The Morgan fingerprint density at radius 2 is 1.73 bits per heavy atom. The van der Waals surface area contributed by atoms with Crippen LogP contribution in [0.15, 0.2) is 67.0 Å². The molecule has 4 aromatic rings. The topological polar surface area (TPSA) is 85.8 Å². The molecular weight excluding hydrogens is 330 g/mol. The maximum absolute atomic E-state index is 11.2. The number of carbonyl (C=O) groups is 1. The van der Waals surface area contributed by atoms with Gasteiger partial charge in [0.05, 0.1) is 17.6 Å². The van der Waals surface area contributed by atoms with Gasteiger partial charge in [-0.25, -0.2) is 9.48 Å². The first-order valence-electron chi connectivity index (χ1n) is 7.97. The van der Waals surface area contributed by atoms with Gasteiger partial charge in [0.25, 0.3) is 0 Å². The molecule has 0 aliphatic heterocycles. The van der Waals surface area contributed by atoms with Crippen molar-refractivity contribution in [2.75, 3.05) is 0 Å². The van der Waals surface area contributed by atoms with E-state index in [4.69, 9.17) is 0 Å². The van der Waals surface area contributed by atoms with Gasteiger partial charge in [-0.3, -0.25) is 4.68 Å². The van der Waals surface area contributed by atoms with E-state index in [1.165, 1.54) is 10.9 Å². The van der Waals surface area contributed by atoms with Crippen LogP contribution in [0.1, 0.15) is 10.5 Å². The second kappa shape index (κ2) is 6.29. The summed E-state index contributed by atoms with van der Waals surface area (Å²) in [6, 6.07) is 17.5. The Hall–Kier alpha value is -3.74. The molecule has 0 aliphatic carbocycles. The Morgan fingerprint density at radius 1 is 1.00 bits per heavy atom. The second-order valence-electron chi connectivity index (χ2n) is 5.80. The number of carboxylic acids is 1. The van der Waals surface area contributed by atoms with Gasteiger partial charge < -0.3 is 5.11 Å². The first-order chi connectivity index (χ1) is 12.6. The van der Waals surface area contributed by atoms with Gasteiger partial charge in [0.2, 0.25) is 0 Å². The highest BCUT2D eigenvalue weighted by atomic mass is 16.4. The number of hydrogen-bond donors (Lipinski definition) is 1. The Kier molecular flexibility index (Phi) is 3.81. The quantitative estimate of drug-likeness (QED) is 0.614. The van der Waals surface area contributed by atoms with E-state index in [1.807, 2.05) is 67.8 Å². The number of carboxylic acid groups (broad SMARTS) is 1. The molecule has 0 spiro atoms. The molecule has 0 aliphatic rings. The first kappa shape index (κ1) is 15.8. The van der Waals surface area contributed by atoms with Crippen molar-refractivity contribution in [1.82, 2.24) is 24.8 Å². The Balaban J connectivity index is 1.75. The smallest absolute Gasteiger partial charge is 0.356 e. The van der Waals surface area contributed by atoms with Gasteiger partial charge in [0.15, 0.2) is 5.69 Å². The van der Waals surface area contributed by atoms with E-state index < -0.39 is 5.97 Å². The maximum atomic E-state index is 11.2. The van der Waals surface area contributed by atoms with Gasteiger partial charge >= 0.3 is 5.97 Å². The van der Waals surface area contributed by atoms with Crippen molar-refractivity contribution in [3.05, 3.63) is 72.7 Å². The summed E-state index contributed by atoms with van der Waals surface area (Å²) in [5.41, 5.74) is 4.65. The predicted octanol–water partition coefficient (Wildman–Crippen LogP) is 3.03. The lowest BCUT2D eigenvalue weighted by Crippen LogP contribution is -2.07. The molecule has 0 amide bonds. The largest absolute Gasteiger partial charge is 0.476 e. The molecule has 0 saturated heterocycles. The molecule has 7 nitrogen and oxygen atoms in total. The molecule has 0 unspecified atom stereocenters. The summed E-state index contributed by atoms with van der Waals surface area (Å²) in [6.07, 6.45) is 3.14. The van der Waals surface area contributed by atoms with E-state index in [2.05, 4.69) is 15.4 Å². The minimum Gasteiger partial charge on any atom is -0.476 e. The molecule has 0 saturated carbocycles. The lowest BCUT2D eigenvalue weighted by molar-refractivity contribution is 0.0687. The number of benzene rings is 2. The summed E-state index contributed by atoms with van der Waals surface area (Å²) in [5, 5.41) is 21.2. The van der Waals surface area contributed by atoms with Gasteiger partial charge in [-0.1, -0.05) is 41.6 Å². The predicted molar refractivity (Wildman–Crippen MR) is 96.0 cm³/mol. The summed E-state index contributed by atoms with van der Waals surface area (Å²) < 4.78 is 3.07. The number of aryl methyl sites for hydroxylation is 1. The molecule has 128 valence electrons. The van der Waals surface area contributed by atoms with E-state index in [-0.39, 0.29) is 5.69 Å². The zero-order valence-electron chi connectivity index (χ0n) is 13.9. The molecule has 4 rings (SSSR count). The molecule has 2 aromatic carbocycles. The average Bonchev–Trinajstić information content (AvgIpc) is 3.31. The second-order valence-corrected chi connectivity index (χ2v) is 5.80. The number of aromatic carboxylic acids is 1. The molecule has 0 radical (unpaired) electrons. The summed E-state index contributed by atoms with van der Waals surface area (Å²) in [6.45, 7) is 0. The summed E-state index contributed by atoms with van der Waals surface area (Å²) in [4.78, 5) is 11.2. The van der Waals surface area contributed by atoms with Gasteiger partial charge in [-0.2, -0.15) is 5.10 Å². The van der Waals surface area contributed by atoms with E-state index in [0.29, 0.717) is 5.69 Å². The van der Waals surface area contributed by atoms with E-state index >= 15 is 0 Å². The van der Waals surface area contributed by atoms with Crippen LogP contribution in [0.4, 0.5) is 0 Å². The van der Waals surface area contributed by atoms with Crippen LogP contribution in [0.3, 0.4) is 0 Å². The van der Waals surface area contributed by atoms with Gasteiger partial charge in [-0.15, -0.1) is 5.10 Å². The zero-order chi connectivity index (χ0) is 18.1. The van der Waals surface area contributed by atoms with Crippen LogP contribution in [0, 0.1) is 0 Å². The SMILES string of the molecule is Cn1ccc(-c2ccccc2-c2ccc(-n3nncc3C(=O)O)cc2)n1. The number of hydrogen-bond acceptors (Lipinski definition) is 4. The highest BCUT2D eigenvalue weighted by Gasteiger charge is 2.14. The highest BCUT2D eigenvalue weighted by Crippen LogP contribution is 2.31. The molecule has 0 atom stereocenters.